The van der Waals surface area contributed by atoms with Gasteiger partial charge in [0.25, 0.3) is 0 Å². The molecule has 0 spiro atoms. The van der Waals surface area contributed by atoms with E-state index in [1.54, 1.807) is 12.1 Å². The molecule has 0 aliphatic heterocycles. The Morgan fingerprint density at radius 1 is 1.47 bits per heavy atom. The quantitative estimate of drug-likeness (QED) is 0.510. The van der Waals surface area contributed by atoms with Crippen molar-refractivity contribution < 1.29 is 14.7 Å². The summed E-state index contributed by atoms with van der Waals surface area (Å²) in [5, 5.41) is 17.4. The number of nitrogen functional groups attached to an aromatic ring is 1. The largest absolute Gasteiger partial charge is 0.707 e. The number of aromatic nitrogens is 2. The fourth-order valence-corrected chi connectivity index (χ4v) is 1.43. The van der Waals surface area contributed by atoms with Crippen LogP contribution in [-0.2, 0) is 0 Å². The number of benzene rings is 1. The summed E-state index contributed by atoms with van der Waals surface area (Å²) >= 11 is 0. The average Bonchev–Trinajstić information content (AvgIpc) is 2.52. The number of H-pyrrole nitrogens is 1. The summed E-state index contributed by atoms with van der Waals surface area (Å²) in [5.74, 6) is 0.561. The molecule has 0 fully saturated rings. The lowest BCUT2D eigenvalue weighted by molar-refractivity contribution is 0.289. The van der Waals surface area contributed by atoms with Gasteiger partial charge in [-0.2, -0.15) is 0 Å². The summed E-state index contributed by atoms with van der Waals surface area (Å²) in [7, 11) is -1.86. The SMILES string of the molecule is Cc1ccc(OB(O)O)c2[nH]c(N)nc12. The van der Waals surface area contributed by atoms with Crippen molar-refractivity contribution in [2.45, 2.75) is 6.92 Å². The number of nitrogens with zero attached hydrogens (tertiary/aromatic N) is 1. The molecular weight excluding hydrogens is 197 g/mol. The third-order valence-electron chi connectivity index (χ3n) is 2.06. The number of anilines is 1. The maximum Gasteiger partial charge on any atom is 0.707 e. The summed E-state index contributed by atoms with van der Waals surface area (Å²) in [6, 6.07) is 3.38. The van der Waals surface area contributed by atoms with Gasteiger partial charge in [-0.1, -0.05) is 6.07 Å². The molecule has 1 heterocycles. The highest BCUT2D eigenvalue weighted by molar-refractivity contribution is 6.34. The topological polar surface area (TPSA) is 104 Å². The molecule has 15 heavy (non-hydrogen) atoms. The van der Waals surface area contributed by atoms with Crippen LogP contribution in [0.15, 0.2) is 12.1 Å². The van der Waals surface area contributed by atoms with Crippen molar-refractivity contribution in [1.29, 1.82) is 0 Å². The lowest BCUT2D eigenvalue weighted by Crippen LogP contribution is -2.20. The van der Waals surface area contributed by atoms with Gasteiger partial charge in [-0.15, -0.1) is 0 Å². The Bertz CT molecular complexity index is 497. The highest BCUT2D eigenvalue weighted by Crippen LogP contribution is 2.27. The standard InChI is InChI=1S/C8H10BN3O3/c1-4-2-3-5(15-9(13)14)7-6(4)11-8(10)12-7/h2-3,13-14H,1H3,(H3,10,11,12). The molecule has 7 heteroatoms. The zero-order valence-electron chi connectivity index (χ0n) is 8.06. The summed E-state index contributed by atoms with van der Waals surface area (Å²) in [6.07, 6.45) is 0. The molecule has 2 rings (SSSR count). The first-order valence-electron chi connectivity index (χ1n) is 4.35. The van der Waals surface area contributed by atoms with Gasteiger partial charge in [-0.25, -0.2) is 4.98 Å². The maximum atomic E-state index is 8.71. The number of aryl methyl sites for hydroxylation is 1. The summed E-state index contributed by atoms with van der Waals surface area (Å²) < 4.78 is 4.78. The van der Waals surface area contributed by atoms with Crippen LogP contribution in [0.1, 0.15) is 5.56 Å². The van der Waals surface area contributed by atoms with Crippen LogP contribution in [0.3, 0.4) is 0 Å². The molecule has 2 aromatic rings. The van der Waals surface area contributed by atoms with E-state index in [0.717, 1.165) is 5.56 Å². The van der Waals surface area contributed by atoms with Crippen molar-refractivity contribution >= 4 is 24.3 Å². The zero-order valence-corrected chi connectivity index (χ0v) is 8.06. The number of nitrogens with one attached hydrogen (secondary N) is 1. The monoisotopic (exact) mass is 207 g/mol. The van der Waals surface area contributed by atoms with Gasteiger partial charge in [0.1, 0.15) is 11.3 Å². The van der Waals surface area contributed by atoms with Crippen LogP contribution in [-0.4, -0.2) is 27.3 Å². The minimum Gasteiger partial charge on any atom is -0.510 e. The van der Waals surface area contributed by atoms with E-state index in [1.165, 1.54) is 0 Å². The molecule has 6 nitrogen and oxygen atoms in total. The predicted octanol–water partition coefficient (Wildman–Crippen LogP) is -0.198. The zero-order chi connectivity index (χ0) is 11.0. The van der Waals surface area contributed by atoms with Gasteiger partial charge in [0.05, 0.1) is 5.52 Å². The first-order chi connectivity index (χ1) is 7.08. The second kappa shape index (κ2) is 3.45. The number of rotatable bonds is 2. The van der Waals surface area contributed by atoms with Crippen LogP contribution in [0.2, 0.25) is 0 Å². The van der Waals surface area contributed by atoms with E-state index >= 15 is 0 Å². The van der Waals surface area contributed by atoms with Crippen molar-refractivity contribution in [1.82, 2.24) is 9.97 Å². The molecule has 0 aliphatic rings. The first kappa shape index (κ1) is 9.82. The van der Waals surface area contributed by atoms with Gasteiger partial charge in [0, 0.05) is 0 Å². The second-order valence-electron chi connectivity index (χ2n) is 3.17. The number of imidazole rings is 1. The molecule has 0 aliphatic carbocycles. The Morgan fingerprint density at radius 3 is 2.87 bits per heavy atom. The highest BCUT2D eigenvalue weighted by Gasteiger charge is 2.15. The smallest absolute Gasteiger partial charge is 0.510 e. The summed E-state index contributed by atoms with van der Waals surface area (Å²) in [5.41, 5.74) is 7.65. The number of fused-ring (bicyclic) bond motifs is 1. The lowest BCUT2D eigenvalue weighted by atomic mass is 10.2. The van der Waals surface area contributed by atoms with E-state index in [0.29, 0.717) is 16.8 Å². The fraction of sp³-hybridized carbons (Fsp3) is 0.125. The van der Waals surface area contributed by atoms with E-state index in [4.69, 9.17) is 20.4 Å². The Hall–Kier alpha value is -1.73. The molecule has 5 N–H and O–H groups in total. The Balaban J connectivity index is 2.60. The van der Waals surface area contributed by atoms with Crippen LogP contribution in [0.4, 0.5) is 5.95 Å². The first-order valence-corrected chi connectivity index (χ1v) is 4.35. The van der Waals surface area contributed by atoms with E-state index in [2.05, 4.69) is 9.97 Å². The molecule has 0 bridgehead atoms. The van der Waals surface area contributed by atoms with Crippen LogP contribution in [0, 0.1) is 6.92 Å². The Kier molecular flexibility index (Phi) is 2.26. The van der Waals surface area contributed by atoms with E-state index in [9.17, 15) is 0 Å². The number of hydrogen-bond acceptors (Lipinski definition) is 5. The van der Waals surface area contributed by atoms with Gasteiger partial charge >= 0.3 is 7.32 Å². The molecule has 0 saturated heterocycles. The lowest BCUT2D eigenvalue weighted by Gasteiger charge is -2.05. The fourth-order valence-electron chi connectivity index (χ4n) is 1.43. The van der Waals surface area contributed by atoms with E-state index in [1.807, 2.05) is 6.92 Å². The summed E-state index contributed by atoms with van der Waals surface area (Å²) in [6.45, 7) is 1.88. The highest BCUT2D eigenvalue weighted by atomic mass is 16.6. The number of nitrogens with two attached hydrogens (primary N) is 1. The van der Waals surface area contributed by atoms with E-state index < -0.39 is 7.32 Å². The maximum absolute atomic E-state index is 8.71. The van der Waals surface area contributed by atoms with Crippen molar-refractivity contribution in [3.63, 3.8) is 0 Å². The van der Waals surface area contributed by atoms with Crippen molar-refractivity contribution in [2.75, 3.05) is 5.73 Å². The third kappa shape index (κ3) is 1.74. The van der Waals surface area contributed by atoms with Gasteiger partial charge in [-0.05, 0) is 18.6 Å². The molecule has 1 aromatic heterocycles. The number of aromatic amines is 1. The van der Waals surface area contributed by atoms with Gasteiger partial charge in [0.2, 0.25) is 0 Å². The number of hydrogen-bond donors (Lipinski definition) is 4. The molecule has 78 valence electrons. The molecule has 0 saturated carbocycles. The molecule has 0 unspecified atom stereocenters. The normalized spacial score (nSPS) is 10.6. The van der Waals surface area contributed by atoms with Gasteiger partial charge in [0.15, 0.2) is 5.95 Å². The molecular formula is C8H10BN3O3. The second-order valence-corrected chi connectivity index (χ2v) is 3.17. The minimum absolute atomic E-state index is 0.261. The van der Waals surface area contributed by atoms with Gasteiger partial charge in [-0.3, -0.25) is 0 Å². The minimum atomic E-state index is -1.86. The van der Waals surface area contributed by atoms with Crippen molar-refractivity contribution in [2.24, 2.45) is 0 Å². The van der Waals surface area contributed by atoms with Crippen molar-refractivity contribution in [3.05, 3.63) is 17.7 Å². The average molecular weight is 207 g/mol. The van der Waals surface area contributed by atoms with Crippen molar-refractivity contribution in [3.8, 4) is 5.75 Å². The van der Waals surface area contributed by atoms with Crippen LogP contribution in [0.25, 0.3) is 11.0 Å². The van der Waals surface area contributed by atoms with E-state index in [-0.39, 0.29) is 5.95 Å². The predicted molar refractivity (Wildman–Crippen MR) is 56.1 cm³/mol. The van der Waals surface area contributed by atoms with Crippen LogP contribution in [0.5, 0.6) is 5.75 Å². The Labute approximate surface area is 85.9 Å². The Morgan fingerprint density at radius 2 is 2.20 bits per heavy atom. The summed E-state index contributed by atoms with van der Waals surface area (Å²) in [4.78, 5) is 6.85. The molecule has 1 aromatic carbocycles. The molecule has 0 amide bonds. The molecule has 0 atom stereocenters. The third-order valence-corrected chi connectivity index (χ3v) is 2.06. The molecule has 0 radical (unpaired) electrons. The van der Waals surface area contributed by atoms with Crippen LogP contribution < -0.4 is 10.4 Å². The van der Waals surface area contributed by atoms with Gasteiger partial charge < -0.3 is 25.4 Å². The van der Waals surface area contributed by atoms with Crippen LogP contribution >= 0.6 is 0 Å².